The number of aromatic nitrogens is 2. The topological polar surface area (TPSA) is 127 Å². The predicted molar refractivity (Wildman–Crippen MR) is 214 cm³/mol. The van der Waals surface area contributed by atoms with E-state index < -0.39 is 29.1 Å². The Bertz CT molecular complexity index is 2580. The van der Waals surface area contributed by atoms with Crippen LogP contribution in [0.25, 0.3) is 21.7 Å². The lowest BCUT2D eigenvalue weighted by Crippen LogP contribution is -2.51. The van der Waals surface area contributed by atoms with E-state index in [0.717, 1.165) is 18.4 Å². The van der Waals surface area contributed by atoms with E-state index in [1.165, 1.54) is 28.9 Å². The van der Waals surface area contributed by atoms with Gasteiger partial charge in [-0.3, -0.25) is 14.4 Å². The molecule has 1 saturated carbocycles. The molecule has 0 unspecified atom stereocenters. The molecule has 316 valence electrons. The maximum atomic E-state index is 15.1. The summed E-state index contributed by atoms with van der Waals surface area (Å²) >= 11 is 0. The van der Waals surface area contributed by atoms with Crippen molar-refractivity contribution in [2.75, 3.05) is 57.4 Å². The summed E-state index contributed by atoms with van der Waals surface area (Å²) in [4.78, 5) is 56.8. The van der Waals surface area contributed by atoms with Gasteiger partial charge in [0.2, 0.25) is 5.91 Å². The summed E-state index contributed by atoms with van der Waals surface area (Å²) in [5.74, 6) is -0.861. The molecule has 2 amide bonds. The summed E-state index contributed by atoms with van der Waals surface area (Å²) in [6.07, 6.45) is -1.45. The first-order valence-electron chi connectivity index (χ1n) is 20.1. The van der Waals surface area contributed by atoms with Crippen LogP contribution in [0.3, 0.4) is 0 Å². The standard InChI is InChI=1S/C44H45F4N5O7/c1-43(2)12-11-29-23-32-34(44(46,47)48)24-39(54)60-38(32)25-37(29)52(43)17-18-58-19-20-59-26-53-42(57)31-6-4-3-5-30(31)36(49-53)22-27-7-10-35(45)33(21-27)41(56)51-15-13-50(14-16-51)40(55)28-8-9-28/h3-7,10,21,23-25,28H,8-9,11-20,22,26H2,1-2H3. The van der Waals surface area contributed by atoms with Gasteiger partial charge in [-0.05, 0) is 74.9 Å². The highest BCUT2D eigenvalue weighted by atomic mass is 19.4. The fourth-order valence-corrected chi connectivity index (χ4v) is 8.23. The number of hydrogen-bond acceptors (Lipinski definition) is 9. The highest BCUT2D eigenvalue weighted by Crippen LogP contribution is 2.42. The third-order valence-corrected chi connectivity index (χ3v) is 11.7. The number of aryl methyl sites for hydroxylation is 1. The Kier molecular flexibility index (Phi) is 11.3. The van der Waals surface area contributed by atoms with Gasteiger partial charge in [0, 0.05) is 79.2 Å². The van der Waals surface area contributed by atoms with Crippen LogP contribution in [0.5, 0.6) is 0 Å². The van der Waals surface area contributed by atoms with Crippen molar-refractivity contribution in [3.63, 3.8) is 0 Å². The number of benzene rings is 3. The van der Waals surface area contributed by atoms with Gasteiger partial charge in [0.15, 0.2) is 0 Å². The van der Waals surface area contributed by atoms with Crippen molar-refractivity contribution < 1.29 is 41.0 Å². The van der Waals surface area contributed by atoms with Crippen molar-refractivity contribution in [3.05, 3.63) is 115 Å². The van der Waals surface area contributed by atoms with Crippen LogP contribution in [0.1, 0.15) is 65.9 Å². The zero-order chi connectivity index (χ0) is 42.3. The van der Waals surface area contributed by atoms with Gasteiger partial charge in [-0.25, -0.2) is 13.9 Å². The first kappa shape index (κ1) is 41.1. The molecule has 5 aromatic rings. The third kappa shape index (κ3) is 8.53. The molecule has 3 aromatic carbocycles. The highest BCUT2D eigenvalue weighted by molar-refractivity contribution is 5.95. The molecule has 16 heteroatoms. The molecule has 8 rings (SSSR count). The van der Waals surface area contributed by atoms with Crippen LogP contribution >= 0.6 is 0 Å². The Morgan fingerprint density at radius 2 is 1.60 bits per heavy atom. The second-order valence-corrected chi connectivity index (χ2v) is 16.2. The summed E-state index contributed by atoms with van der Waals surface area (Å²) in [7, 11) is 0. The van der Waals surface area contributed by atoms with Crippen molar-refractivity contribution in [2.45, 2.75) is 64.4 Å². The Hall–Kier alpha value is -5.61. The normalized spacial score (nSPS) is 16.7. The Labute approximate surface area is 342 Å². The lowest BCUT2D eigenvalue weighted by Gasteiger charge is -2.45. The minimum absolute atomic E-state index is 0.0649. The van der Waals surface area contributed by atoms with E-state index in [4.69, 9.17) is 13.9 Å². The van der Waals surface area contributed by atoms with Crippen molar-refractivity contribution in [2.24, 2.45) is 5.92 Å². The molecule has 1 saturated heterocycles. The van der Waals surface area contributed by atoms with Crippen LogP contribution in [0.4, 0.5) is 23.2 Å². The van der Waals surface area contributed by atoms with Crippen LogP contribution in [0, 0.1) is 11.7 Å². The number of carbonyl (C=O) groups excluding carboxylic acids is 2. The lowest BCUT2D eigenvalue weighted by molar-refractivity contribution is -0.136. The second-order valence-electron chi connectivity index (χ2n) is 16.2. The number of amides is 2. The smallest absolute Gasteiger partial charge is 0.417 e. The van der Waals surface area contributed by atoms with E-state index in [1.54, 1.807) is 40.1 Å². The van der Waals surface area contributed by atoms with E-state index in [0.29, 0.717) is 79.3 Å². The minimum Gasteiger partial charge on any atom is -0.423 e. The molecule has 2 aliphatic heterocycles. The number of rotatable bonds is 12. The molecule has 0 radical (unpaired) electrons. The first-order chi connectivity index (χ1) is 28.7. The molecule has 12 nitrogen and oxygen atoms in total. The molecular formula is C44H45F4N5O7. The van der Waals surface area contributed by atoms with Gasteiger partial charge < -0.3 is 28.6 Å². The molecule has 0 N–H and O–H groups in total. The Morgan fingerprint density at radius 1 is 0.883 bits per heavy atom. The van der Waals surface area contributed by atoms with Gasteiger partial charge in [0.05, 0.1) is 42.0 Å². The zero-order valence-electron chi connectivity index (χ0n) is 33.4. The maximum Gasteiger partial charge on any atom is 0.417 e. The summed E-state index contributed by atoms with van der Waals surface area (Å²) < 4.78 is 74.5. The van der Waals surface area contributed by atoms with Gasteiger partial charge in [0.25, 0.3) is 11.5 Å². The maximum absolute atomic E-state index is 15.1. The monoisotopic (exact) mass is 831 g/mol. The number of anilines is 1. The van der Waals surface area contributed by atoms with Crippen LogP contribution in [-0.2, 0) is 40.0 Å². The van der Waals surface area contributed by atoms with E-state index >= 15 is 4.39 Å². The highest BCUT2D eigenvalue weighted by Gasteiger charge is 2.38. The van der Waals surface area contributed by atoms with Crippen molar-refractivity contribution >= 4 is 39.2 Å². The molecule has 0 bridgehead atoms. The average molecular weight is 832 g/mol. The van der Waals surface area contributed by atoms with Crippen molar-refractivity contribution in [1.82, 2.24) is 19.6 Å². The number of carbonyl (C=O) groups is 2. The molecule has 1 aliphatic carbocycles. The Balaban J connectivity index is 0.893. The van der Waals surface area contributed by atoms with E-state index in [2.05, 4.69) is 5.10 Å². The van der Waals surface area contributed by atoms with Gasteiger partial charge in [-0.15, -0.1) is 0 Å². The minimum atomic E-state index is -4.71. The molecule has 3 aliphatic rings. The summed E-state index contributed by atoms with van der Waals surface area (Å²) in [5.41, 5.74) is -0.446. The van der Waals surface area contributed by atoms with Crippen LogP contribution in [0.2, 0.25) is 0 Å². The van der Waals surface area contributed by atoms with Gasteiger partial charge in [-0.2, -0.15) is 18.3 Å². The lowest BCUT2D eigenvalue weighted by atomic mass is 9.86. The molecular weight excluding hydrogens is 787 g/mol. The number of hydrogen-bond donors (Lipinski definition) is 0. The zero-order valence-corrected chi connectivity index (χ0v) is 33.4. The van der Waals surface area contributed by atoms with Gasteiger partial charge in [-0.1, -0.05) is 24.3 Å². The average Bonchev–Trinajstić information content (AvgIpc) is 4.08. The molecule has 0 atom stereocenters. The fourth-order valence-electron chi connectivity index (χ4n) is 8.23. The van der Waals surface area contributed by atoms with Crippen LogP contribution in [0.15, 0.2) is 74.7 Å². The Morgan fingerprint density at radius 3 is 2.33 bits per heavy atom. The predicted octanol–water partition coefficient (Wildman–Crippen LogP) is 6.17. The third-order valence-electron chi connectivity index (χ3n) is 11.7. The van der Waals surface area contributed by atoms with Gasteiger partial charge in [0.1, 0.15) is 18.1 Å². The number of nitrogens with zero attached hydrogens (tertiary/aromatic N) is 5. The summed E-state index contributed by atoms with van der Waals surface area (Å²) in [6.45, 7) is 6.34. The van der Waals surface area contributed by atoms with E-state index in [1.807, 2.05) is 18.7 Å². The number of alkyl halides is 3. The molecule has 4 heterocycles. The van der Waals surface area contributed by atoms with E-state index in [9.17, 15) is 32.3 Å². The molecule has 0 spiro atoms. The van der Waals surface area contributed by atoms with Crippen molar-refractivity contribution in [3.8, 4) is 0 Å². The molecule has 2 fully saturated rings. The fraction of sp³-hybridized carbons (Fsp3) is 0.432. The SMILES string of the molecule is CC1(C)CCc2cc3c(C(F)(F)F)cc(=O)oc3cc2N1CCOCCOCn1nc(Cc2ccc(F)c(C(=O)N3CCN(C(=O)C4CC4)CC3)c2)c2ccccc2c1=O. The van der Waals surface area contributed by atoms with E-state index in [-0.39, 0.29) is 72.4 Å². The van der Waals surface area contributed by atoms with Gasteiger partial charge >= 0.3 is 11.8 Å². The first-order valence-corrected chi connectivity index (χ1v) is 20.1. The quantitative estimate of drug-likeness (QED) is 0.0825. The molecule has 2 aromatic heterocycles. The number of piperazine rings is 1. The summed E-state index contributed by atoms with van der Waals surface area (Å²) in [6, 6.07) is 14.9. The summed E-state index contributed by atoms with van der Waals surface area (Å²) in [5, 5.41) is 5.51. The largest absolute Gasteiger partial charge is 0.423 e. The number of fused-ring (bicyclic) bond motifs is 3. The number of halogens is 4. The van der Waals surface area contributed by atoms with Crippen LogP contribution < -0.4 is 16.1 Å². The second kappa shape index (κ2) is 16.4. The number of ether oxygens (including phenoxy) is 2. The van der Waals surface area contributed by atoms with Crippen LogP contribution in [-0.4, -0.2) is 89.5 Å². The molecule has 60 heavy (non-hydrogen) atoms. The van der Waals surface area contributed by atoms with Crippen molar-refractivity contribution in [1.29, 1.82) is 0 Å².